The molecular formula is C21H20N2O2. The number of carbonyl (C=O) groups excluding carboxylic acids is 1. The molecule has 0 aliphatic heterocycles. The van der Waals surface area contributed by atoms with Crippen LogP contribution in [-0.2, 0) is 11.4 Å². The fourth-order valence-electron chi connectivity index (χ4n) is 3.12. The van der Waals surface area contributed by atoms with Crippen molar-refractivity contribution in [2.24, 2.45) is 5.92 Å². The summed E-state index contributed by atoms with van der Waals surface area (Å²) in [6, 6.07) is 20.3. The number of amides is 1. The molecule has 0 aromatic heterocycles. The summed E-state index contributed by atoms with van der Waals surface area (Å²) in [7, 11) is 0. The molecule has 4 heteroatoms. The van der Waals surface area contributed by atoms with Crippen LogP contribution in [0.15, 0.2) is 54.6 Å². The predicted molar refractivity (Wildman–Crippen MR) is 93.8 cm³/mol. The van der Waals surface area contributed by atoms with E-state index in [-0.39, 0.29) is 17.7 Å². The molecule has 0 heterocycles. The van der Waals surface area contributed by atoms with Gasteiger partial charge in [0.05, 0.1) is 6.07 Å². The molecule has 2 aromatic rings. The molecule has 2 aliphatic carbocycles. The van der Waals surface area contributed by atoms with Crippen molar-refractivity contribution in [1.29, 1.82) is 5.26 Å². The first-order valence-electron chi connectivity index (χ1n) is 8.69. The van der Waals surface area contributed by atoms with E-state index in [0.29, 0.717) is 6.61 Å². The Morgan fingerprint density at radius 1 is 1.16 bits per heavy atom. The standard InChI is InChI=1S/C21H20N2O2/c22-14-21(10-11-21)23-20(24)19-12-18(19)16-6-8-17(9-7-16)25-13-15-4-2-1-3-5-15/h1-9,18-19H,10-13H2,(H,23,24)/t18-,19-/m0/s1. The third kappa shape index (κ3) is 3.51. The van der Waals surface area contributed by atoms with E-state index in [9.17, 15) is 4.79 Å². The first-order valence-corrected chi connectivity index (χ1v) is 8.69. The van der Waals surface area contributed by atoms with Gasteiger partial charge in [0.15, 0.2) is 0 Å². The number of benzene rings is 2. The van der Waals surface area contributed by atoms with Crippen molar-refractivity contribution in [3.63, 3.8) is 0 Å². The second-order valence-electron chi connectivity index (χ2n) is 6.98. The largest absolute Gasteiger partial charge is 0.489 e. The zero-order valence-electron chi connectivity index (χ0n) is 13.9. The van der Waals surface area contributed by atoms with Crippen LogP contribution >= 0.6 is 0 Å². The molecule has 0 spiro atoms. The Bertz CT molecular complexity index is 804. The Morgan fingerprint density at radius 3 is 2.52 bits per heavy atom. The Balaban J connectivity index is 1.31. The maximum absolute atomic E-state index is 12.2. The number of nitrogens with zero attached hydrogens (tertiary/aromatic N) is 1. The lowest BCUT2D eigenvalue weighted by atomic mass is 10.1. The molecule has 4 rings (SSSR count). The number of nitriles is 1. The van der Waals surface area contributed by atoms with Gasteiger partial charge in [-0.25, -0.2) is 0 Å². The van der Waals surface area contributed by atoms with E-state index in [1.54, 1.807) is 0 Å². The molecule has 2 aromatic carbocycles. The molecule has 4 nitrogen and oxygen atoms in total. The van der Waals surface area contributed by atoms with Crippen LogP contribution in [0.3, 0.4) is 0 Å². The fourth-order valence-corrected chi connectivity index (χ4v) is 3.12. The van der Waals surface area contributed by atoms with Crippen LogP contribution in [0.2, 0.25) is 0 Å². The minimum absolute atomic E-state index is 0.00177. The number of carbonyl (C=O) groups is 1. The van der Waals surface area contributed by atoms with E-state index in [2.05, 4.69) is 11.4 Å². The van der Waals surface area contributed by atoms with E-state index in [1.165, 1.54) is 0 Å². The Morgan fingerprint density at radius 2 is 1.88 bits per heavy atom. The lowest BCUT2D eigenvalue weighted by Crippen LogP contribution is -2.36. The van der Waals surface area contributed by atoms with Gasteiger partial charge in [-0.1, -0.05) is 42.5 Å². The van der Waals surface area contributed by atoms with Gasteiger partial charge >= 0.3 is 0 Å². The summed E-state index contributed by atoms with van der Waals surface area (Å²) in [6.07, 6.45) is 2.41. The highest BCUT2D eigenvalue weighted by Gasteiger charge is 2.50. The summed E-state index contributed by atoms with van der Waals surface area (Å²) in [5, 5.41) is 12.0. The smallest absolute Gasteiger partial charge is 0.224 e. The van der Waals surface area contributed by atoms with Crippen molar-refractivity contribution in [2.45, 2.75) is 37.3 Å². The highest BCUT2D eigenvalue weighted by atomic mass is 16.5. The van der Waals surface area contributed by atoms with Crippen LogP contribution in [0.25, 0.3) is 0 Å². The molecule has 0 radical (unpaired) electrons. The molecule has 2 aliphatic rings. The summed E-state index contributed by atoms with van der Waals surface area (Å²) >= 11 is 0. The molecule has 25 heavy (non-hydrogen) atoms. The molecule has 2 saturated carbocycles. The molecule has 2 atom stereocenters. The summed E-state index contributed by atoms with van der Waals surface area (Å²) in [4.78, 5) is 12.2. The van der Waals surface area contributed by atoms with Gasteiger partial charge in [-0.3, -0.25) is 4.79 Å². The molecule has 2 fully saturated rings. The van der Waals surface area contributed by atoms with E-state index in [4.69, 9.17) is 10.00 Å². The average molecular weight is 332 g/mol. The zero-order chi connectivity index (χ0) is 17.3. The number of nitrogens with one attached hydrogen (secondary N) is 1. The van der Waals surface area contributed by atoms with Gasteiger partial charge in [-0.15, -0.1) is 0 Å². The third-order valence-electron chi connectivity index (χ3n) is 5.01. The average Bonchev–Trinajstić information content (AvgIpc) is 3.56. The lowest BCUT2D eigenvalue weighted by Gasteiger charge is -2.09. The van der Waals surface area contributed by atoms with E-state index >= 15 is 0 Å². The number of rotatable bonds is 6. The van der Waals surface area contributed by atoms with Crippen LogP contribution < -0.4 is 10.1 Å². The van der Waals surface area contributed by atoms with Crippen LogP contribution in [0.4, 0.5) is 0 Å². The quantitative estimate of drug-likeness (QED) is 0.880. The highest BCUT2D eigenvalue weighted by molar-refractivity contribution is 5.84. The molecule has 0 unspecified atom stereocenters. The second kappa shape index (κ2) is 6.25. The monoisotopic (exact) mass is 332 g/mol. The van der Waals surface area contributed by atoms with Gasteiger partial charge in [-0.2, -0.15) is 5.26 Å². The third-order valence-corrected chi connectivity index (χ3v) is 5.01. The maximum atomic E-state index is 12.2. The second-order valence-corrected chi connectivity index (χ2v) is 6.98. The van der Waals surface area contributed by atoms with Gasteiger partial charge < -0.3 is 10.1 Å². The topological polar surface area (TPSA) is 62.1 Å². The van der Waals surface area contributed by atoms with E-state index in [0.717, 1.165) is 36.1 Å². The first kappa shape index (κ1) is 15.7. The molecule has 1 amide bonds. The van der Waals surface area contributed by atoms with Crippen molar-refractivity contribution >= 4 is 5.91 Å². The van der Waals surface area contributed by atoms with E-state index in [1.807, 2.05) is 54.6 Å². The number of hydrogen-bond donors (Lipinski definition) is 1. The number of hydrogen-bond acceptors (Lipinski definition) is 3. The van der Waals surface area contributed by atoms with Crippen molar-refractivity contribution in [3.8, 4) is 11.8 Å². The first-order chi connectivity index (χ1) is 12.2. The van der Waals surface area contributed by atoms with Gasteiger partial charge in [0.1, 0.15) is 17.9 Å². The highest BCUT2D eigenvalue weighted by Crippen LogP contribution is 2.48. The van der Waals surface area contributed by atoms with E-state index < -0.39 is 5.54 Å². The Kier molecular flexibility index (Phi) is 3.93. The van der Waals surface area contributed by atoms with Crippen molar-refractivity contribution in [2.75, 3.05) is 0 Å². The summed E-state index contributed by atoms with van der Waals surface area (Å²) in [5.41, 5.74) is 1.73. The lowest BCUT2D eigenvalue weighted by molar-refractivity contribution is -0.123. The minimum atomic E-state index is -0.570. The molecule has 0 bridgehead atoms. The van der Waals surface area contributed by atoms with Crippen LogP contribution in [0.5, 0.6) is 5.75 Å². The molecular weight excluding hydrogens is 312 g/mol. The van der Waals surface area contributed by atoms with Gasteiger partial charge in [0.25, 0.3) is 0 Å². The van der Waals surface area contributed by atoms with Crippen molar-refractivity contribution in [3.05, 3.63) is 65.7 Å². The molecule has 1 N–H and O–H groups in total. The predicted octanol–water partition coefficient (Wildman–Crippen LogP) is 3.54. The van der Waals surface area contributed by atoms with Crippen molar-refractivity contribution < 1.29 is 9.53 Å². The van der Waals surface area contributed by atoms with Gasteiger partial charge in [0, 0.05) is 5.92 Å². The summed E-state index contributed by atoms with van der Waals surface area (Å²) in [6.45, 7) is 0.547. The molecule has 0 saturated heterocycles. The normalized spacial score (nSPS) is 22.5. The van der Waals surface area contributed by atoms with Gasteiger partial charge in [0.2, 0.25) is 5.91 Å². The summed E-state index contributed by atoms with van der Waals surface area (Å²) < 4.78 is 5.79. The minimum Gasteiger partial charge on any atom is -0.489 e. The van der Waals surface area contributed by atoms with Crippen molar-refractivity contribution in [1.82, 2.24) is 5.32 Å². The maximum Gasteiger partial charge on any atom is 0.224 e. The number of ether oxygens (including phenoxy) is 1. The van der Waals surface area contributed by atoms with Crippen LogP contribution in [0.1, 0.15) is 36.3 Å². The van der Waals surface area contributed by atoms with Gasteiger partial charge in [-0.05, 0) is 48.4 Å². The Labute approximate surface area is 147 Å². The molecule has 126 valence electrons. The van der Waals surface area contributed by atoms with Crippen LogP contribution in [0, 0.1) is 17.2 Å². The Hall–Kier alpha value is -2.80. The SMILES string of the molecule is N#CC1(NC(=O)[C@H]2C[C@H]2c2ccc(OCc3ccccc3)cc2)CC1. The summed E-state index contributed by atoms with van der Waals surface area (Å²) in [5.74, 6) is 1.11. The zero-order valence-corrected chi connectivity index (χ0v) is 13.9. The van der Waals surface area contributed by atoms with Crippen LogP contribution in [-0.4, -0.2) is 11.4 Å². The fraction of sp³-hybridized carbons (Fsp3) is 0.333.